The van der Waals surface area contributed by atoms with Crippen LogP contribution in [0.25, 0.3) is 0 Å². The fourth-order valence-corrected chi connectivity index (χ4v) is 4.51. The van der Waals surface area contributed by atoms with Crippen molar-refractivity contribution < 1.29 is 23.5 Å². The molecule has 1 aromatic heterocycles. The Balaban J connectivity index is 1.43. The van der Waals surface area contributed by atoms with Crippen molar-refractivity contribution in [1.82, 2.24) is 10.2 Å². The van der Waals surface area contributed by atoms with Crippen LogP contribution in [0.4, 0.5) is 10.5 Å². The van der Waals surface area contributed by atoms with Crippen molar-refractivity contribution in [2.24, 2.45) is 0 Å². The maximum atomic E-state index is 13.7. The van der Waals surface area contributed by atoms with Gasteiger partial charge in [-0.25, -0.2) is 4.79 Å². The highest BCUT2D eigenvalue weighted by Gasteiger charge is 2.47. The van der Waals surface area contributed by atoms with E-state index in [1.54, 1.807) is 36.4 Å². The number of carbonyl (C=O) groups is 3. The van der Waals surface area contributed by atoms with E-state index >= 15 is 0 Å². The topological polar surface area (TPSA) is 101 Å². The second-order valence-electron chi connectivity index (χ2n) is 9.06. The number of cyclic esters (lactones) is 1. The van der Waals surface area contributed by atoms with Crippen molar-refractivity contribution >= 4 is 23.6 Å². The number of nitrogens with one attached hydrogen (secondary N) is 2. The maximum absolute atomic E-state index is 13.7. The highest BCUT2D eigenvalue weighted by Crippen LogP contribution is 2.35. The van der Waals surface area contributed by atoms with E-state index in [1.807, 2.05) is 67.6 Å². The van der Waals surface area contributed by atoms with E-state index in [4.69, 9.17) is 9.15 Å². The van der Waals surface area contributed by atoms with Gasteiger partial charge in [-0.3, -0.25) is 14.5 Å². The molecule has 8 heteroatoms. The molecule has 38 heavy (non-hydrogen) atoms. The van der Waals surface area contributed by atoms with Crippen LogP contribution in [0.5, 0.6) is 0 Å². The molecule has 3 unspecified atom stereocenters. The van der Waals surface area contributed by atoms with Gasteiger partial charge in [-0.2, -0.15) is 0 Å². The van der Waals surface area contributed by atoms with Crippen LogP contribution in [-0.4, -0.2) is 28.8 Å². The van der Waals surface area contributed by atoms with Crippen molar-refractivity contribution in [1.29, 1.82) is 0 Å². The molecule has 0 spiro atoms. The SMILES string of the molecule is CC(NC(=O)C1C(c2cccc(NC(=O)c3ccco3)c2)OC(=O)N1Cc1ccccc1)c1ccccc1. The van der Waals surface area contributed by atoms with E-state index in [0.717, 1.165) is 11.1 Å². The molecule has 4 aromatic rings. The van der Waals surface area contributed by atoms with Gasteiger partial charge in [0.2, 0.25) is 5.91 Å². The van der Waals surface area contributed by atoms with Crippen molar-refractivity contribution in [2.75, 3.05) is 5.32 Å². The largest absolute Gasteiger partial charge is 0.459 e. The number of hydrogen-bond donors (Lipinski definition) is 2. The van der Waals surface area contributed by atoms with E-state index in [1.165, 1.54) is 11.2 Å². The minimum atomic E-state index is -0.926. The molecule has 1 fully saturated rings. The van der Waals surface area contributed by atoms with E-state index in [2.05, 4.69) is 10.6 Å². The fourth-order valence-electron chi connectivity index (χ4n) is 4.51. The van der Waals surface area contributed by atoms with Crippen LogP contribution in [0, 0.1) is 0 Å². The quantitative estimate of drug-likeness (QED) is 0.328. The van der Waals surface area contributed by atoms with Gasteiger partial charge in [0.15, 0.2) is 17.9 Å². The molecule has 2 N–H and O–H groups in total. The lowest BCUT2D eigenvalue weighted by atomic mass is 9.99. The van der Waals surface area contributed by atoms with Gasteiger partial charge in [0, 0.05) is 5.69 Å². The van der Waals surface area contributed by atoms with Crippen molar-refractivity contribution in [3.63, 3.8) is 0 Å². The van der Waals surface area contributed by atoms with Crippen LogP contribution in [-0.2, 0) is 16.1 Å². The predicted molar refractivity (Wildman–Crippen MR) is 141 cm³/mol. The molecule has 5 rings (SSSR count). The van der Waals surface area contributed by atoms with Crippen molar-refractivity contribution in [3.05, 3.63) is 126 Å². The van der Waals surface area contributed by atoms with Crippen LogP contribution >= 0.6 is 0 Å². The molecule has 1 aliphatic heterocycles. The van der Waals surface area contributed by atoms with Crippen LogP contribution in [0.1, 0.15) is 46.3 Å². The molecule has 1 aliphatic rings. The summed E-state index contributed by atoms with van der Waals surface area (Å²) in [7, 11) is 0. The minimum absolute atomic E-state index is 0.170. The van der Waals surface area contributed by atoms with E-state index < -0.39 is 24.1 Å². The fraction of sp³-hybridized carbons (Fsp3) is 0.167. The number of amides is 3. The zero-order valence-electron chi connectivity index (χ0n) is 20.7. The zero-order chi connectivity index (χ0) is 26.5. The summed E-state index contributed by atoms with van der Waals surface area (Å²) in [6, 6.07) is 28.0. The minimum Gasteiger partial charge on any atom is -0.459 e. The van der Waals surface area contributed by atoms with E-state index in [-0.39, 0.29) is 24.3 Å². The summed E-state index contributed by atoms with van der Waals surface area (Å²) in [4.78, 5) is 40.7. The van der Waals surface area contributed by atoms with E-state index in [9.17, 15) is 14.4 Å². The lowest BCUT2D eigenvalue weighted by Crippen LogP contribution is -2.46. The normalized spacial score (nSPS) is 17.5. The van der Waals surface area contributed by atoms with Crippen molar-refractivity contribution in [3.8, 4) is 0 Å². The van der Waals surface area contributed by atoms with Gasteiger partial charge in [-0.15, -0.1) is 0 Å². The lowest BCUT2D eigenvalue weighted by Gasteiger charge is -2.26. The molecular weight excluding hydrogens is 482 g/mol. The molecule has 192 valence electrons. The standard InChI is InChI=1S/C30H27N3O5/c1-20(22-12-6-3-7-13-22)31-29(35)26-27(38-30(36)33(26)19-21-10-4-2-5-11-21)23-14-8-15-24(18-23)32-28(34)25-16-9-17-37-25/h2-18,20,26-27H,19H2,1H3,(H,31,35)(H,32,34). The summed E-state index contributed by atoms with van der Waals surface area (Å²) >= 11 is 0. The average Bonchev–Trinajstić information content (AvgIpc) is 3.59. The number of carbonyl (C=O) groups excluding carboxylic acids is 3. The first-order valence-electron chi connectivity index (χ1n) is 12.3. The Kier molecular flexibility index (Phi) is 7.21. The molecule has 3 amide bonds. The Morgan fingerprint density at radius 1 is 0.921 bits per heavy atom. The predicted octanol–water partition coefficient (Wildman–Crippen LogP) is 5.47. The number of nitrogens with zero attached hydrogens (tertiary/aromatic N) is 1. The van der Waals surface area contributed by atoms with E-state index in [0.29, 0.717) is 11.3 Å². The number of ether oxygens (including phenoxy) is 1. The molecule has 0 bridgehead atoms. The Morgan fingerprint density at radius 2 is 1.66 bits per heavy atom. The van der Waals surface area contributed by atoms with Gasteiger partial charge >= 0.3 is 6.09 Å². The summed E-state index contributed by atoms with van der Waals surface area (Å²) in [5.74, 6) is -0.575. The third-order valence-corrected chi connectivity index (χ3v) is 6.43. The number of benzene rings is 3. The zero-order valence-corrected chi connectivity index (χ0v) is 20.7. The maximum Gasteiger partial charge on any atom is 0.411 e. The highest BCUT2D eigenvalue weighted by molar-refractivity contribution is 6.02. The first-order chi connectivity index (χ1) is 18.5. The van der Waals surface area contributed by atoms with Crippen LogP contribution < -0.4 is 10.6 Å². The lowest BCUT2D eigenvalue weighted by molar-refractivity contribution is -0.127. The van der Waals surface area contributed by atoms with Gasteiger partial charge < -0.3 is 19.8 Å². The average molecular weight is 510 g/mol. The summed E-state index contributed by atoms with van der Waals surface area (Å²) in [6.45, 7) is 2.11. The molecule has 0 aliphatic carbocycles. The van der Waals surface area contributed by atoms with Gasteiger partial charge in [-0.05, 0) is 47.9 Å². The van der Waals surface area contributed by atoms with Crippen molar-refractivity contribution in [2.45, 2.75) is 31.7 Å². The molecule has 1 saturated heterocycles. The number of anilines is 1. The second kappa shape index (κ2) is 11.0. The first kappa shape index (κ1) is 24.8. The first-order valence-corrected chi connectivity index (χ1v) is 12.3. The Hall–Kier alpha value is -4.85. The smallest absolute Gasteiger partial charge is 0.411 e. The number of furan rings is 1. The second-order valence-corrected chi connectivity index (χ2v) is 9.06. The van der Waals surface area contributed by atoms with Gasteiger partial charge in [0.25, 0.3) is 5.91 Å². The van der Waals surface area contributed by atoms with Gasteiger partial charge in [0.1, 0.15) is 0 Å². The number of hydrogen-bond acceptors (Lipinski definition) is 5. The third-order valence-electron chi connectivity index (χ3n) is 6.43. The Bertz CT molecular complexity index is 1410. The van der Waals surface area contributed by atoms with Crippen LogP contribution in [0.3, 0.4) is 0 Å². The highest BCUT2D eigenvalue weighted by atomic mass is 16.6. The van der Waals surface area contributed by atoms with Crippen LogP contribution in [0.15, 0.2) is 108 Å². The molecular formula is C30H27N3O5. The number of rotatable bonds is 8. The van der Waals surface area contributed by atoms with Crippen LogP contribution in [0.2, 0.25) is 0 Å². The monoisotopic (exact) mass is 509 g/mol. The summed E-state index contributed by atoms with van der Waals surface area (Å²) in [5, 5.41) is 5.83. The molecule has 2 heterocycles. The Labute approximate surface area is 220 Å². The molecule has 0 radical (unpaired) electrons. The summed E-state index contributed by atoms with van der Waals surface area (Å²) < 4.78 is 10.9. The van der Waals surface area contributed by atoms with Gasteiger partial charge in [-0.1, -0.05) is 72.8 Å². The molecule has 3 atom stereocenters. The van der Waals surface area contributed by atoms with Gasteiger partial charge in [0.05, 0.1) is 18.8 Å². The molecule has 0 saturated carbocycles. The summed E-state index contributed by atoms with van der Waals surface area (Å²) in [5.41, 5.74) is 2.88. The molecule has 3 aromatic carbocycles. The molecule has 8 nitrogen and oxygen atoms in total. The third kappa shape index (κ3) is 5.44. The summed E-state index contributed by atoms with van der Waals surface area (Å²) in [6.07, 6.45) is -0.0457. The Morgan fingerprint density at radius 3 is 2.37 bits per heavy atom.